The molecular formula is C20H23N5O2S. The molecule has 1 heterocycles. The maximum Gasteiger partial charge on any atom is 0.251 e. The molecule has 28 heavy (non-hydrogen) atoms. The fraction of sp³-hybridized carbons (Fsp3) is 0.250. The molecule has 0 aliphatic rings. The Morgan fingerprint density at radius 3 is 2.50 bits per heavy atom. The van der Waals surface area contributed by atoms with Gasteiger partial charge in [0, 0.05) is 24.7 Å². The van der Waals surface area contributed by atoms with Gasteiger partial charge < -0.3 is 10.1 Å². The van der Waals surface area contributed by atoms with Gasteiger partial charge >= 0.3 is 0 Å². The van der Waals surface area contributed by atoms with Gasteiger partial charge in [-0.3, -0.25) is 14.8 Å². The van der Waals surface area contributed by atoms with Gasteiger partial charge in [0.1, 0.15) is 5.75 Å². The van der Waals surface area contributed by atoms with E-state index in [1.54, 1.807) is 14.2 Å². The summed E-state index contributed by atoms with van der Waals surface area (Å²) >= 11 is 5.39. The molecule has 0 radical (unpaired) electrons. The van der Waals surface area contributed by atoms with Crippen molar-refractivity contribution in [3.63, 3.8) is 0 Å². The number of carbonyl (C=O) groups excluding carboxylic acids is 1. The smallest absolute Gasteiger partial charge is 0.251 e. The average Bonchev–Trinajstić information content (AvgIpc) is 3.08. The number of carbonyl (C=O) groups is 1. The standard InChI is InChI=1S/C20H23N5O2S/c1-21-19(26)16-6-4-14(5-7-16)12-24(2)13-25-20(28)22-18(23-25)15-8-10-17(27-3)11-9-15/h4-11H,12-13H2,1-3H3,(H,21,26)(H,22,23,28). The molecule has 0 aliphatic heterocycles. The number of hydrogen-bond donors (Lipinski definition) is 2. The highest BCUT2D eigenvalue weighted by Crippen LogP contribution is 2.19. The third-order valence-corrected chi connectivity index (χ3v) is 4.63. The van der Waals surface area contributed by atoms with E-state index in [4.69, 9.17) is 17.0 Å². The first-order chi connectivity index (χ1) is 13.5. The second kappa shape index (κ2) is 8.81. The third-order valence-electron chi connectivity index (χ3n) is 4.32. The van der Waals surface area contributed by atoms with Crippen LogP contribution in [0.1, 0.15) is 15.9 Å². The zero-order valence-electron chi connectivity index (χ0n) is 16.1. The first-order valence-electron chi connectivity index (χ1n) is 8.81. The number of H-pyrrole nitrogens is 1. The molecule has 0 aliphatic carbocycles. The van der Waals surface area contributed by atoms with Crippen LogP contribution in [0.3, 0.4) is 0 Å². The topological polar surface area (TPSA) is 75.2 Å². The lowest BCUT2D eigenvalue weighted by molar-refractivity contribution is 0.0963. The maximum atomic E-state index is 11.6. The summed E-state index contributed by atoms with van der Waals surface area (Å²) in [6.07, 6.45) is 0. The highest BCUT2D eigenvalue weighted by Gasteiger charge is 2.09. The van der Waals surface area contributed by atoms with Crippen LogP contribution in [0.5, 0.6) is 5.75 Å². The van der Waals surface area contributed by atoms with Crippen molar-refractivity contribution in [2.75, 3.05) is 21.2 Å². The highest BCUT2D eigenvalue weighted by molar-refractivity contribution is 7.71. The molecule has 0 saturated carbocycles. The minimum absolute atomic E-state index is 0.0882. The van der Waals surface area contributed by atoms with Crippen LogP contribution < -0.4 is 10.1 Å². The number of ether oxygens (including phenoxy) is 1. The van der Waals surface area contributed by atoms with Crippen LogP contribution in [0.25, 0.3) is 11.4 Å². The van der Waals surface area contributed by atoms with Gasteiger partial charge in [0.25, 0.3) is 5.91 Å². The van der Waals surface area contributed by atoms with Gasteiger partial charge in [0.2, 0.25) is 4.77 Å². The summed E-state index contributed by atoms with van der Waals surface area (Å²) in [5.74, 6) is 1.43. The van der Waals surface area contributed by atoms with E-state index in [0.717, 1.165) is 22.7 Å². The summed E-state index contributed by atoms with van der Waals surface area (Å²) in [7, 11) is 5.26. The van der Waals surface area contributed by atoms with E-state index < -0.39 is 0 Å². The van der Waals surface area contributed by atoms with E-state index in [-0.39, 0.29) is 5.91 Å². The van der Waals surface area contributed by atoms with Crippen LogP contribution in [0.2, 0.25) is 0 Å². The SMILES string of the molecule is CNC(=O)c1ccc(CN(C)Cn2[nH]c(-c3ccc(OC)cc3)nc2=S)cc1. The van der Waals surface area contributed by atoms with Gasteiger partial charge in [0.05, 0.1) is 13.8 Å². The number of benzene rings is 2. The minimum Gasteiger partial charge on any atom is -0.497 e. The van der Waals surface area contributed by atoms with E-state index in [1.165, 1.54) is 0 Å². The van der Waals surface area contributed by atoms with Crippen molar-refractivity contribution >= 4 is 18.1 Å². The lowest BCUT2D eigenvalue weighted by Crippen LogP contribution is -2.22. The van der Waals surface area contributed by atoms with E-state index in [0.29, 0.717) is 23.5 Å². The Kier molecular flexibility index (Phi) is 6.23. The molecular weight excluding hydrogens is 374 g/mol. The minimum atomic E-state index is -0.0882. The van der Waals surface area contributed by atoms with Crippen molar-refractivity contribution < 1.29 is 9.53 Å². The number of aromatic amines is 1. The predicted octanol–water partition coefficient (Wildman–Crippen LogP) is 3.07. The Labute approximate surface area is 169 Å². The lowest BCUT2D eigenvalue weighted by Gasteiger charge is -2.17. The van der Waals surface area contributed by atoms with Crippen molar-refractivity contribution in [1.29, 1.82) is 0 Å². The summed E-state index contributed by atoms with van der Waals surface area (Å²) in [4.78, 5) is 18.2. The Morgan fingerprint density at radius 1 is 1.21 bits per heavy atom. The molecule has 146 valence electrons. The molecule has 0 fully saturated rings. The molecule has 8 heteroatoms. The van der Waals surface area contributed by atoms with E-state index >= 15 is 0 Å². The van der Waals surface area contributed by atoms with Gasteiger partial charge in [-0.1, -0.05) is 12.1 Å². The van der Waals surface area contributed by atoms with Crippen molar-refractivity contribution in [3.05, 3.63) is 64.4 Å². The van der Waals surface area contributed by atoms with Gasteiger partial charge in [-0.15, -0.1) is 0 Å². The molecule has 0 bridgehead atoms. The number of hydrogen-bond acceptors (Lipinski definition) is 5. The second-order valence-electron chi connectivity index (χ2n) is 6.44. The van der Waals surface area contributed by atoms with Crippen LogP contribution in [0, 0.1) is 4.77 Å². The summed E-state index contributed by atoms with van der Waals surface area (Å²) in [5, 5.41) is 5.87. The largest absolute Gasteiger partial charge is 0.497 e. The van der Waals surface area contributed by atoms with E-state index in [9.17, 15) is 4.79 Å². The summed E-state index contributed by atoms with van der Waals surface area (Å²) < 4.78 is 7.51. The average molecular weight is 398 g/mol. The second-order valence-corrected chi connectivity index (χ2v) is 6.81. The first kappa shape index (κ1) is 19.8. The molecule has 0 unspecified atom stereocenters. The summed E-state index contributed by atoms with van der Waals surface area (Å²) in [6, 6.07) is 15.2. The van der Waals surface area contributed by atoms with Crippen molar-refractivity contribution in [1.82, 2.24) is 25.0 Å². The zero-order valence-corrected chi connectivity index (χ0v) is 16.9. The van der Waals surface area contributed by atoms with Crippen LogP contribution in [-0.2, 0) is 13.2 Å². The molecule has 0 spiro atoms. The molecule has 3 rings (SSSR count). The van der Waals surface area contributed by atoms with Gasteiger partial charge in [-0.05, 0) is 61.2 Å². The van der Waals surface area contributed by atoms with Gasteiger partial charge in [0.15, 0.2) is 5.82 Å². The highest BCUT2D eigenvalue weighted by atomic mass is 32.1. The van der Waals surface area contributed by atoms with Crippen molar-refractivity contribution in [3.8, 4) is 17.1 Å². The van der Waals surface area contributed by atoms with E-state index in [2.05, 4.69) is 20.3 Å². The molecule has 1 aromatic heterocycles. The molecule has 2 N–H and O–H groups in total. The summed E-state index contributed by atoms with van der Waals surface area (Å²) in [5.41, 5.74) is 2.70. The van der Waals surface area contributed by atoms with Crippen LogP contribution in [-0.4, -0.2) is 46.8 Å². The molecule has 7 nitrogen and oxygen atoms in total. The maximum absolute atomic E-state index is 11.6. The molecule has 0 saturated heterocycles. The predicted molar refractivity (Wildman–Crippen MR) is 111 cm³/mol. The Bertz CT molecular complexity index is 993. The van der Waals surface area contributed by atoms with Crippen LogP contribution in [0.15, 0.2) is 48.5 Å². The van der Waals surface area contributed by atoms with Crippen LogP contribution in [0.4, 0.5) is 0 Å². The van der Waals surface area contributed by atoms with Gasteiger partial charge in [-0.25, -0.2) is 4.68 Å². The Morgan fingerprint density at radius 2 is 1.89 bits per heavy atom. The zero-order chi connectivity index (χ0) is 20.1. The number of nitrogens with one attached hydrogen (secondary N) is 2. The fourth-order valence-electron chi connectivity index (χ4n) is 2.84. The monoisotopic (exact) mass is 397 g/mol. The van der Waals surface area contributed by atoms with E-state index in [1.807, 2.05) is 60.3 Å². The Balaban J connectivity index is 1.67. The number of rotatable bonds is 7. The van der Waals surface area contributed by atoms with Gasteiger partial charge in [-0.2, -0.15) is 4.98 Å². The molecule has 3 aromatic rings. The normalized spacial score (nSPS) is 10.9. The third kappa shape index (κ3) is 4.65. The fourth-order valence-corrected chi connectivity index (χ4v) is 3.03. The number of amides is 1. The molecule has 0 atom stereocenters. The summed E-state index contributed by atoms with van der Waals surface area (Å²) in [6.45, 7) is 1.28. The van der Waals surface area contributed by atoms with Crippen LogP contribution >= 0.6 is 12.2 Å². The number of aromatic nitrogens is 3. The molecule has 2 aromatic carbocycles. The number of nitrogens with zero attached hydrogens (tertiary/aromatic N) is 3. The molecule has 1 amide bonds. The first-order valence-corrected chi connectivity index (χ1v) is 9.22. The van der Waals surface area contributed by atoms with Crippen molar-refractivity contribution in [2.45, 2.75) is 13.2 Å². The van der Waals surface area contributed by atoms with Crippen molar-refractivity contribution in [2.24, 2.45) is 0 Å². The lowest BCUT2D eigenvalue weighted by atomic mass is 10.1. The quantitative estimate of drug-likeness (QED) is 0.600. The number of methoxy groups -OCH3 is 1. The Hall–Kier alpha value is -2.97.